The molecule has 0 aliphatic rings. The Morgan fingerprint density at radius 2 is 1.79 bits per heavy atom. The predicted octanol–water partition coefficient (Wildman–Crippen LogP) is 4.18. The molecule has 2 aromatic carbocycles. The van der Waals surface area contributed by atoms with E-state index in [-0.39, 0.29) is 12.5 Å². The molecule has 1 amide bonds. The molecule has 1 heterocycles. The molecule has 0 fully saturated rings. The maximum atomic E-state index is 12.2. The lowest BCUT2D eigenvalue weighted by molar-refractivity contribution is -0.118. The van der Waals surface area contributed by atoms with Crippen molar-refractivity contribution in [1.82, 2.24) is 4.98 Å². The first-order valence-electron chi connectivity index (χ1n) is 7.89. The van der Waals surface area contributed by atoms with Crippen molar-refractivity contribution in [1.29, 1.82) is 0 Å². The minimum absolute atomic E-state index is 0.0352. The number of para-hydroxylation sites is 1. The zero-order valence-corrected chi connectivity index (χ0v) is 14.1. The van der Waals surface area contributed by atoms with Crippen LogP contribution in [0.1, 0.15) is 16.7 Å². The molecular weight excluding hydrogens is 300 g/mol. The lowest BCUT2D eigenvalue weighted by Crippen LogP contribution is -2.20. The summed E-state index contributed by atoms with van der Waals surface area (Å²) in [5.74, 6) is 0.537. The van der Waals surface area contributed by atoms with Gasteiger partial charge in [0.05, 0.1) is 11.2 Å². The van der Waals surface area contributed by atoms with Gasteiger partial charge in [0, 0.05) is 11.6 Å². The van der Waals surface area contributed by atoms with E-state index in [1.54, 1.807) is 6.20 Å². The molecule has 1 aromatic heterocycles. The summed E-state index contributed by atoms with van der Waals surface area (Å²) < 4.78 is 5.69. The number of fused-ring (bicyclic) bond motifs is 1. The molecule has 24 heavy (non-hydrogen) atoms. The summed E-state index contributed by atoms with van der Waals surface area (Å²) in [7, 11) is 0. The van der Waals surface area contributed by atoms with Crippen LogP contribution in [-0.2, 0) is 4.79 Å². The number of pyridine rings is 1. The summed E-state index contributed by atoms with van der Waals surface area (Å²) in [5, 5.41) is 3.86. The molecule has 0 spiro atoms. The van der Waals surface area contributed by atoms with E-state index in [4.69, 9.17) is 4.74 Å². The topological polar surface area (TPSA) is 51.2 Å². The Morgan fingerprint density at radius 1 is 1.04 bits per heavy atom. The Hall–Kier alpha value is -2.88. The Kier molecular flexibility index (Phi) is 4.47. The normalized spacial score (nSPS) is 10.6. The molecule has 4 nitrogen and oxygen atoms in total. The monoisotopic (exact) mass is 320 g/mol. The van der Waals surface area contributed by atoms with Crippen molar-refractivity contribution >= 4 is 22.5 Å². The molecule has 0 bridgehead atoms. The van der Waals surface area contributed by atoms with Crippen molar-refractivity contribution in [3.05, 3.63) is 65.4 Å². The number of nitrogens with zero attached hydrogens (tertiary/aromatic N) is 1. The van der Waals surface area contributed by atoms with E-state index >= 15 is 0 Å². The van der Waals surface area contributed by atoms with Gasteiger partial charge in [-0.3, -0.25) is 9.78 Å². The van der Waals surface area contributed by atoms with Crippen molar-refractivity contribution in [2.45, 2.75) is 20.8 Å². The summed E-state index contributed by atoms with van der Waals surface area (Å²) in [6, 6.07) is 13.6. The average Bonchev–Trinajstić information content (AvgIpc) is 2.57. The standard InChI is InChI=1S/C20H20N2O2/c1-13-10-15(3)18(11-14(13)2)24-12-19(23)22-17-8-4-6-16-7-5-9-21-20(16)17/h4-11H,12H2,1-3H3,(H,22,23). The third-order valence-corrected chi connectivity index (χ3v) is 4.06. The first kappa shape index (κ1) is 16.0. The number of aryl methyl sites for hydroxylation is 3. The van der Waals surface area contributed by atoms with Crippen LogP contribution in [0.15, 0.2) is 48.7 Å². The Balaban J connectivity index is 1.71. The Labute approximate surface area is 141 Å². The molecule has 0 unspecified atom stereocenters. The minimum Gasteiger partial charge on any atom is -0.483 e. The van der Waals surface area contributed by atoms with Gasteiger partial charge in [-0.1, -0.05) is 24.3 Å². The number of carbonyl (C=O) groups excluding carboxylic acids is 1. The number of amides is 1. The second-order valence-corrected chi connectivity index (χ2v) is 5.92. The van der Waals surface area contributed by atoms with Crippen LogP contribution in [0.3, 0.4) is 0 Å². The third kappa shape index (κ3) is 3.38. The van der Waals surface area contributed by atoms with Crippen molar-refractivity contribution in [2.75, 3.05) is 11.9 Å². The third-order valence-electron chi connectivity index (χ3n) is 4.06. The minimum atomic E-state index is -0.203. The van der Waals surface area contributed by atoms with Crippen LogP contribution in [-0.4, -0.2) is 17.5 Å². The number of hydrogen-bond donors (Lipinski definition) is 1. The highest BCUT2D eigenvalue weighted by atomic mass is 16.5. The van der Waals surface area contributed by atoms with Gasteiger partial charge in [-0.2, -0.15) is 0 Å². The van der Waals surface area contributed by atoms with Gasteiger partial charge in [-0.25, -0.2) is 0 Å². The second-order valence-electron chi connectivity index (χ2n) is 5.92. The van der Waals surface area contributed by atoms with Crippen LogP contribution >= 0.6 is 0 Å². The molecule has 0 radical (unpaired) electrons. The largest absolute Gasteiger partial charge is 0.483 e. The van der Waals surface area contributed by atoms with Gasteiger partial charge in [0.15, 0.2) is 6.61 Å². The highest BCUT2D eigenvalue weighted by Gasteiger charge is 2.09. The van der Waals surface area contributed by atoms with Crippen molar-refractivity contribution in [3.63, 3.8) is 0 Å². The van der Waals surface area contributed by atoms with Crippen molar-refractivity contribution in [3.8, 4) is 5.75 Å². The molecular formula is C20H20N2O2. The quantitative estimate of drug-likeness (QED) is 0.784. The van der Waals surface area contributed by atoms with Crippen LogP contribution in [0.5, 0.6) is 5.75 Å². The maximum Gasteiger partial charge on any atom is 0.262 e. The molecule has 0 aliphatic carbocycles. The van der Waals surface area contributed by atoms with Gasteiger partial charge in [-0.15, -0.1) is 0 Å². The summed E-state index contributed by atoms with van der Waals surface area (Å²) in [4.78, 5) is 16.6. The van der Waals surface area contributed by atoms with Crippen LogP contribution in [0.2, 0.25) is 0 Å². The number of benzene rings is 2. The van der Waals surface area contributed by atoms with Gasteiger partial charge < -0.3 is 10.1 Å². The van der Waals surface area contributed by atoms with E-state index in [9.17, 15) is 4.79 Å². The maximum absolute atomic E-state index is 12.2. The summed E-state index contributed by atoms with van der Waals surface area (Å²) in [5.41, 5.74) is 4.85. The van der Waals surface area contributed by atoms with E-state index < -0.39 is 0 Å². The van der Waals surface area contributed by atoms with Crippen molar-refractivity contribution in [2.24, 2.45) is 0 Å². The average molecular weight is 320 g/mol. The molecule has 0 saturated carbocycles. The smallest absolute Gasteiger partial charge is 0.262 e. The highest BCUT2D eigenvalue weighted by molar-refractivity contribution is 6.00. The van der Waals surface area contributed by atoms with Gasteiger partial charge in [0.1, 0.15) is 5.75 Å². The lowest BCUT2D eigenvalue weighted by Gasteiger charge is -2.12. The van der Waals surface area contributed by atoms with Crippen LogP contribution in [0, 0.1) is 20.8 Å². The fourth-order valence-corrected chi connectivity index (χ4v) is 2.62. The zero-order chi connectivity index (χ0) is 17.1. The molecule has 0 aliphatic heterocycles. The van der Waals surface area contributed by atoms with Gasteiger partial charge in [-0.05, 0) is 55.7 Å². The lowest BCUT2D eigenvalue weighted by atomic mass is 10.1. The van der Waals surface area contributed by atoms with E-state index in [1.807, 2.05) is 50.2 Å². The van der Waals surface area contributed by atoms with Gasteiger partial charge in [0.2, 0.25) is 0 Å². The summed E-state index contributed by atoms with van der Waals surface area (Å²) in [6.45, 7) is 6.04. The highest BCUT2D eigenvalue weighted by Crippen LogP contribution is 2.23. The van der Waals surface area contributed by atoms with Crippen LogP contribution < -0.4 is 10.1 Å². The zero-order valence-electron chi connectivity index (χ0n) is 14.1. The number of ether oxygens (including phenoxy) is 1. The Morgan fingerprint density at radius 3 is 2.62 bits per heavy atom. The number of rotatable bonds is 4. The molecule has 3 rings (SSSR count). The van der Waals surface area contributed by atoms with Crippen LogP contribution in [0.25, 0.3) is 10.9 Å². The number of anilines is 1. The molecule has 3 aromatic rings. The number of hydrogen-bond acceptors (Lipinski definition) is 3. The number of carbonyl (C=O) groups is 1. The summed E-state index contributed by atoms with van der Waals surface area (Å²) >= 11 is 0. The first-order chi connectivity index (χ1) is 11.5. The van der Waals surface area contributed by atoms with Crippen molar-refractivity contribution < 1.29 is 9.53 Å². The fourth-order valence-electron chi connectivity index (χ4n) is 2.62. The van der Waals surface area contributed by atoms with E-state index in [0.717, 1.165) is 27.8 Å². The molecule has 0 atom stereocenters. The SMILES string of the molecule is Cc1cc(C)c(OCC(=O)Nc2cccc3cccnc23)cc1C. The number of nitrogens with one attached hydrogen (secondary N) is 1. The molecule has 0 saturated heterocycles. The van der Waals surface area contributed by atoms with Gasteiger partial charge >= 0.3 is 0 Å². The molecule has 4 heteroatoms. The molecule has 1 N–H and O–H groups in total. The number of aromatic nitrogens is 1. The second kappa shape index (κ2) is 6.71. The van der Waals surface area contributed by atoms with Gasteiger partial charge in [0.25, 0.3) is 5.91 Å². The van der Waals surface area contributed by atoms with E-state index in [1.165, 1.54) is 5.56 Å². The van der Waals surface area contributed by atoms with Crippen LogP contribution in [0.4, 0.5) is 5.69 Å². The van der Waals surface area contributed by atoms with E-state index in [2.05, 4.69) is 23.3 Å². The predicted molar refractivity (Wildman–Crippen MR) is 96.5 cm³/mol. The van der Waals surface area contributed by atoms with E-state index in [0.29, 0.717) is 5.69 Å². The Bertz CT molecular complexity index is 898. The first-order valence-corrected chi connectivity index (χ1v) is 7.89. The fraction of sp³-hybridized carbons (Fsp3) is 0.200. The summed E-state index contributed by atoms with van der Waals surface area (Å²) in [6.07, 6.45) is 1.72. The molecule has 122 valence electrons.